The second-order valence-corrected chi connectivity index (χ2v) is 5.41. The molecule has 0 aromatic carbocycles. The van der Waals surface area contributed by atoms with Crippen molar-refractivity contribution in [3.05, 3.63) is 46.1 Å². The third-order valence-electron chi connectivity index (χ3n) is 2.60. The standard InChI is InChI=1S/C14H18N4OS/c1-3-5-15-11-4-6-16-12(8-11)9-20-14-17-10(2)7-13(19)18-14/h4,6-8H,3,5,9H2,1-2H3,(H,15,16)(H,17,18,19). The van der Waals surface area contributed by atoms with Gasteiger partial charge in [0, 0.05) is 35.9 Å². The van der Waals surface area contributed by atoms with Gasteiger partial charge in [-0.05, 0) is 25.5 Å². The van der Waals surface area contributed by atoms with Crippen molar-refractivity contribution in [2.45, 2.75) is 31.2 Å². The summed E-state index contributed by atoms with van der Waals surface area (Å²) in [5, 5.41) is 3.96. The summed E-state index contributed by atoms with van der Waals surface area (Å²) in [6, 6.07) is 5.46. The molecule has 0 atom stereocenters. The molecule has 0 saturated heterocycles. The molecule has 0 unspecified atom stereocenters. The van der Waals surface area contributed by atoms with Crippen LogP contribution in [0.5, 0.6) is 0 Å². The van der Waals surface area contributed by atoms with Gasteiger partial charge in [-0.15, -0.1) is 0 Å². The number of hydrogen-bond donors (Lipinski definition) is 2. The van der Waals surface area contributed by atoms with Crippen molar-refractivity contribution in [1.29, 1.82) is 0 Å². The molecule has 0 saturated carbocycles. The van der Waals surface area contributed by atoms with Gasteiger partial charge in [-0.3, -0.25) is 9.78 Å². The number of thioether (sulfide) groups is 1. The van der Waals surface area contributed by atoms with E-state index in [-0.39, 0.29) is 5.56 Å². The molecule has 0 amide bonds. The van der Waals surface area contributed by atoms with Crippen LogP contribution in [0.1, 0.15) is 24.7 Å². The van der Waals surface area contributed by atoms with Gasteiger partial charge < -0.3 is 10.3 Å². The Balaban J connectivity index is 2.01. The molecule has 0 aliphatic carbocycles. The zero-order valence-corrected chi connectivity index (χ0v) is 12.5. The third kappa shape index (κ3) is 4.38. The maximum absolute atomic E-state index is 11.4. The minimum Gasteiger partial charge on any atom is -0.385 e. The minimum absolute atomic E-state index is 0.119. The fraction of sp³-hybridized carbons (Fsp3) is 0.357. The molecule has 20 heavy (non-hydrogen) atoms. The lowest BCUT2D eigenvalue weighted by Crippen LogP contribution is -2.08. The van der Waals surface area contributed by atoms with Crippen molar-refractivity contribution in [2.24, 2.45) is 0 Å². The molecule has 0 spiro atoms. The van der Waals surface area contributed by atoms with E-state index in [0.717, 1.165) is 30.0 Å². The lowest BCUT2D eigenvalue weighted by molar-refractivity contribution is 0.904. The fourth-order valence-corrected chi connectivity index (χ4v) is 2.52. The van der Waals surface area contributed by atoms with Crippen molar-refractivity contribution >= 4 is 17.4 Å². The molecule has 0 bridgehead atoms. The molecule has 5 nitrogen and oxygen atoms in total. The quantitative estimate of drug-likeness (QED) is 0.632. The number of H-pyrrole nitrogens is 1. The van der Waals surface area contributed by atoms with E-state index in [4.69, 9.17) is 0 Å². The van der Waals surface area contributed by atoms with Gasteiger partial charge in [0.25, 0.3) is 5.56 Å². The minimum atomic E-state index is -0.119. The molecule has 0 aliphatic rings. The molecule has 2 N–H and O–H groups in total. The Kier molecular flexibility index (Phi) is 5.17. The van der Waals surface area contributed by atoms with Crippen LogP contribution < -0.4 is 10.9 Å². The van der Waals surface area contributed by atoms with Crippen LogP contribution in [0.3, 0.4) is 0 Å². The van der Waals surface area contributed by atoms with Crippen molar-refractivity contribution < 1.29 is 0 Å². The number of aryl methyl sites for hydroxylation is 1. The summed E-state index contributed by atoms with van der Waals surface area (Å²) in [5.74, 6) is 0.675. The topological polar surface area (TPSA) is 70.7 Å². The van der Waals surface area contributed by atoms with Crippen molar-refractivity contribution in [2.75, 3.05) is 11.9 Å². The highest BCUT2D eigenvalue weighted by molar-refractivity contribution is 7.98. The molecule has 6 heteroatoms. The summed E-state index contributed by atoms with van der Waals surface area (Å²) < 4.78 is 0. The molecule has 106 valence electrons. The predicted octanol–water partition coefficient (Wildman–Crippen LogP) is 2.59. The Morgan fingerprint density at radius 3 is 3.00 bits per heavy atom. The van der Waals surface area contributed by atoms with E-state index in [0.29, 0.717) is 10.9 Å². The van der Waals surface area contributed by atoms with Gasteiger partial charge in [0.2, 0.25) is 0 Å². The molecular formula is C14H18N4OS. The van der Waals surface area contributed by atoms with Crippen LogP contribution in [0.15, 0.2) is 34.3 Å². The average molecular weight is 290 g/mol. The Morgan fingerprint density at radius 2 is 2.25 bits per heavy atom. The smallest absolute Gasteiger partial charge is 0.251 e. The first-order valence-electron chi connectivity index (χ1n) is 6.57. The van der Waals surface area contributed by atoms with Crippen LogP contribution in [0.2, 0.25) is 0 Å². The van der Waals surface area contributed by atoms with Crippen LogP contribution in [-0.4, -0.2) is 21.5 Å². The first-order chi connectivity index (χ1) is 9.67. The summed E-state index contributed by atoms with van der Waals surface area (Å²) in [6.45, 7) is 4.89. The molecular weight excluding hydrogens is 272 g/mol. The normalized spacial score (nSPS) is 10.5. The number of aromatic amines is 1. The Hall–Kier alpha value is -1.82. The summed E-state index contributed by atoms with van der Waals surface area (Å²) >= 11 is 1.48. The zero-order valence-electron chi connectivity index (χ0n) is 11.6. The molecule has 2 aromatic rings. The predicted molar refractivity (Wildman–Crippen MR) is 82.2 cm³/mol. The van der Waals surface area contributed by atoms with Gasteiger partial charge in [0.15, 0.2) is 5.16 Å². The number of nitrogens with zero attached hydrogens (tertiary/aromatic N) is 2. The highest BCUT2D eigenvalue weighted by atomic mass is 32.2. The molecule has 0 fully saturated rings. The maximum atomic E-state index is 11.4. The van der Waals surface area contributed by atoms with Gasteiger partial charge in [-0.1, -0.05) is 18.7 Å². The van der Waals surface area contributed by atoms with E-state index in [2.05, 4.69) is 27.2 Å². The average Bonchev–Trinajstić information content (AvgIpc) is 2.42. The maximum Gasteiger partial charge on any atom is 0.251 e. The molecule has 0 aliphatic heterocycles. The number of hydrogen-bond acceptors (Lipinski definition) is 5. The second-order valence-electron chi connectivity index (χ2n) is 4.44. The lowest BCUT2D eigenvalue weighted by Gasteiger charge is -2.06. The second kappa shape index (κ2) is 7.09. The van der Waals surface area contributed by atoms with Crippen LogP contribution in [0.4, 0.5) is 5.69 Å². The summed E-state index contributed by atoms with van der Waals surface area (Å²) in [7, 11) is 0. The van der Waals surface area contributed by atoms with E-state index in [1.165, 1.54) is 17.8 Å². The van der Waals surface area contributed by atoms with E-state index in [1.54, 1.807) is 6.20 Å². The highest BCUT2D eigenvalue weighted by Crippen LogP contribution is 2.18. The Labute approximate surface area is 122 Å². The van der Waals surface area contributed by atoms with E-state index in [9.17, 15) is 4.79 Å². The van der Waals surface area contributed by atoms with Crippen LogP contribution in [-0.2, 0) is 5.75 Å². The van der Waals surface area contributed by atoms with E-state index < -0.39 is 0 Å². The van der Waals surface area contributed by atoms with Gasteiger partial charge in [-0.25, -0.2) is 4.98 Å². The van der Waals surface area contributed by atoms with Crippen LogP contribution in [0.25, 0.3) is 0 Å². The van der Waals surface area contributed by atoms with Crippen molar-refractivity contribution in [1.82, 2.24) is 15.0 Å². The van der Waals surface area contributed by atoms with Crippen LogP contribution in [0, 0.1) is 6.92 Å². The SMILES string of the molecule is CCCNc1ccnc(CSc2nc(C)cc(=O)[nH]2)c1. The van der Waals surface area contributed by atoms with Gasteiger partial charge >= 0.3 is 0 Å². The largest absolute Gasteiger partial charge is 0.385 e. The number of aromatic nitrogens is 3. The Morgan fingerprint density at radius 1 is 1.40 bits per heavy atom. The van der Waals surface area contributed by atoms with Crippen molar-refractivity contribution in [3.8, 4) is 0 Å². The summed E-state index contributed by atoms with van der Waals surface area (Å²) in [6.07, 6.45) is 2.88. The number of nitrogens with one attached hydrogen (secondary N) is 2. The zero-order chi connectivity index (χ0) is 14.4. The van der Waals surface area contributed by atoms with Gasteiger partial charge in [0.1, 0.15) is 0 Å². The molecule has 2 aromatic heterocycles. The van der Waals surface area contributed by atoms with E-state index in [1.807, 2.05) is 19.1 Å². The molecule has 0 radical (unpaired) electrons. The number of pyridine rings is 1. The highest BCUT2D eigenvalue weighted by Gasteiger charge is 2.02. The third-order valence-corrected chi connectivity index (χ3v) is 3.51. The molecule has 2 rings (SSSR count). The summed E-state index contributed by atoms with van der Waals surface area (Å²) in [5.41, 5.74) is 2.64. The fourth-order valence-electron chi connectivity index (χ4n) is 1.70. The first-order valence-corrected chi connectivity index (χ1v) is 7.55. The Bertz CT molecular complexity index is 627. The monoisotopic (exact) mass is 290 g/mol. The number of rotatable bonds is 6. The van der Waals surface area contributed by atoms with Crippen molar-refractivity contribution in [3.63, 3.8) is 0 Å². The lowest BCUT2D eigenvalue weighted by atomic mass is 10.3. The van der Waals surface area contributed by atoms with Crippen LogP contribution >= 0.6 is 11.8 Å². The van der Waals surface area contributed by atoms with Gasteiger partial charge in [-0.2, -0.15) is 0 Å². The summed E-state index contributed by atoms with van der Waals surface area (Å²) in [4.78, 5) is 22.7. The van der Waals surface area contributed by atoms with E-state index >= 15 is 0 Å². The van der Waals surface area contributed by atoms with Gasteiger partial charge in [0.05, 0.1) is 5.69 Å². The first kappa shape index (κ1) is 14.6. The number of anilines is 1. The molecule has 2 heterocycles.